The second-order valence-corrected chi connectivity index (χ2v) is 8.56. The minimum atomic E-state index is -0.306. The average Bonchev–Trinajstić information content (AvgIpc) is 2.75. The number of hydrogen-bond acceptors (Lipinski definition) is 3. The van der Waals surface area contributed by atoms with Crippen molar-refractivity contribution in [1.29, 1.82) is 0 Å². The lowest BCUT2D eigenvalue weighted by molar-refractivity contribution is -0.0340. The van der Waals surface area contributed by atoms with Crippen LogP contribution in [0.25, 0.3) is 11.1 Å². The highest BCUT2D eigenvalue weighted by Gasteiger charge is 2.37. The fraction of sp³-hybridized carbons (Fsp3) is 0.458. The molecule has 3 heterocycles. The van der Waals surface area contributed by atoms with Gasteiger partial charge in [-0.2, -0.15) is 0 Å². The van der Waals surface area contributed by atoms with Crippen LogP contribution in [-0.2, 0) is 11.2 Å². The molecule has 5 heteroatoms. The quantitative estimate of drug-likeness (QED) is 0.821. The van der Waals surface area contributed by atoms with Crippen molar-refractivity contribution < 1.29 is 13.9 Å². The number of amides is 1. The number of alkyl carbamates (subject to hydrolysis) is 1. The number of aryl methyl sites for hydroxylation is 1. The number of nitrogens with zero attached hydrogens (tertiary/aromatic N) is 1. The number of carbonyl (C=O) groups is 1. The summed E-state index contributed by atoms with van der Waals surface area (Å²) in [4.78, 5) is 15.0. The van der Waals surface area contributed by atoms with E-state index in [-0.39, 0.29) is 24.1 Å². The van der Waals surface area contributed by atoms with E-state index in [4.69, 9.17) is 4.74 Å². The monoisotopic (exact) mass is 394 g/mol. The summed E-state index contributed by atoms with van der Waals surface area (Å²) in [7, 11) is 0. The first-order valence-electron chi connectivity index (χ1n) is 10.7. The number of rotatable bonds is 3. The molecule has 2 atom stereocenters. The zero-order chi connectivity index (χ0) is 19.8. The number of ether oxygens (including phenoxy) is 1. The van der Waals surface area contributed by atoms with Crippen molar-refractivity contribution in [1.82, 2.24) is 10.2 Å². The van der Waals surface area contributed by atoms with Gasteiger partial charge in [-0.3, -0.25) is 4.90 Å². The predicted octanol–water partition coefficient (Wildman–Crippen LogP) is 4.69. The lowest BCUT2D eigenvalue weighted by Gasteiger charge is -2.44. The summed E-state index contributed by atoms with van der Waals surface area (Å²) in [6.07, 6.45) is 4.82. The van der Waals surface area contributed by atoms with Gasteiger partial charge in [-0.25, -0.2) is 9.18 Å². The number of carbonyl (C=O) groups excluding carboxylic acids is 1. The average molecular weight is 394 g/mol. The Hall–Kier alpha value is -2.40. The third-order valence-corrected chi connectivity index (χ3v) is 6.79. The van der Waals surface area contributed by atoms with Crippen LogP contribution in [0.1, 0.15) is 42.9 Å². The molecule has 1 N–H and O–H groups in total. The Labute approximate surface area is 171 Å². The second-order valence-electron chi connectivity index (χ2n) is 8.56. The number of hydrogen-bond donors (Lipinski definition) is 1. The molecule has 6 rings (SSSR count). The Morgan fingerprint density at radius 1 is 1.10 bits per heavy atom. The number of benzene rings is 2. The third kappa shape index (κ3) is 3.76. The second kappa shape index (κ2) is 7.79. The molecular weight excluding hydrogens is 367 g/mol. The molecule has 1 amide bonds. The first-order valence-corrected chi connectivity index (χ1v) is 10.7. The first kappa shape index (κ1) is 18.6. The first-order chi connectivity index (χ1) is 14.2. The highest BCUT2D eigenvalue weighted by atomic mass is 19.1. The van der Waals surface area contributed by atoms with E-state index in [1.807, 2.05) is 18.2 Å². The molecule has 152 valence electrons. The molecule has 2 aromatic carbocycles. The molecule has 3 aliphatic heterocycles. The minimum Gasteiger partial charge on any atom is -0.445 e. The molecule has 0 spiro atoms. The van der Waals surface area contributed by atoms with Gasteiger partial charge in [0, 0.05) is 12.1 Å². The van der Waals surface area contributed by atoms with E-state index >= 15 is 0 Å². The van der Waals surface area contributed by atoms with Crippen LogP contribution in [0.2, 0.25) is 0 Å². The van der Waals surface area contributed by atoms with E-state index in [0.717, 1.165) is 62.9 Å². The van der Waals surface area contributed by atoms with Crippen LogP contribution < -0.4 is 5.32 Å². The van der Waals surface area contributed by atoms with Gasteiger partial charge in [-0.05, 0) is 73.9 Å². The van der Waals surface area contributed by atoms with E-state index in [1.165, 1.54) is 11.6 Å². The van der Waals surface area contributed by atoms with Gasteiger partial charge in [0.1, 0.15) is 11.9 Å². The lowest BCUT2D eigenvalue weighted by atomic mass is 9.85. The maximum atomic E-state index is 14.2. The van der Waals surface area contributed by atoms with Gasteiger partial charge in [0.15, 0.2) is 0 Å². The molecular formula is C24H27FN2O2. The van der Waals surface area contributed by atoms with Crippen LogP contribution in [-0.4, -0.2) is 36.7 Å². The zero-order valence-electron chi connectivity index (χ0n) is 16.6. The Kier molecular flexibility index (Phi) is 5.00. The summed E-state index contributed by atoms with van der Waals surface area (Å²) in [5.41, 5.74) is 3.82. The van der Waals surface area contributed by atoms with Crippen molar-refractivity contribution in [3.63, 3.8) is 0 Å². The van der Waals surface area contributed by atoms with E-state index in [1.54, 1.807) is 12.1 Å². The number of piperidine rings is 3. The molecule has 1 unspecified atom stereocenters. The van der Waals surface area contributed by atoms with Gasteiger partial charge in [0.2, 0.25) is 0 Å². The van der Waals surface area contributed by atoms with Crippen LogP contribution in [0.3, 0.4) is 0 Å². The summed E-state index contributed by atoms with van der Waals surface area (Å²) < 4.78 is 20.0. The highest BCUT2D eigenvalue weighted by molar-refractivity contribution is 5.69. The number of halogens is 1. The highest BCUT2D eigenvalue weighted by Crippen LogP contribution is 2.34. The van der Waals surface area contributed by atoms with Crippen LogP contribution in [0.5, 0.6) is 0 Å². The maximum Gasteiger partial charge on any atom is 0.407 e. The fourth-order valence-electron chi connectivity index (χ4n) is 5.19. The Morgan fingerprint density at radius 2 is 1.93 bits per heavy atom. The summed E-state index contributed by atoms with van der Waals surface area (Å²) in [6, 6.07) is 12.9. The molecule has 0 aromatic heterocycles. The van der Waals surface area contributed by atoms with Gasteiger partial charge >= 0.3 is 6.09 Å². The molecule has 4 aliphatic rings. The molecule has 0 saturated carbocycles. The van der Waals surface area contributed by atoms with Crippen LogP contribution in [0, 0.1) is 11.7 Å². The van der Waals surface area contributed by atoms with Crippen LogP contribution in [0.15, 0.2) is 42.5 Å². The minimum absolute atomic E-state index is 0.0176. The van der Waals surface area contributed by atoms with Gasteiger partial charge in [0.25, 0.3) is 0 Å². The Bertz CT molecular complexity index is 908. The molecule has 4 nitrogen and oxygen atoms in total. The van der Waals surface area contributed by atoms with Crippen LogP contribution >= 0.6 is 0 Å². The normalized spacial score (nSPS) is 27.9. The van der Waals surface area contributed by atoms with Crippen LogP contribution in [0.4, 0.5) is 9.18 Å². The smallest absolute Gasteiger partial charge is 0.407 e. The Balaban J connectivity index is 1.29. The van der Waals surface area contributed by atoms with Crippen molar-refractivity contribution in [3.8, 4) is 11.1 Å². The van der Waals surface area contributed by atoms with Gasteiger partial charge in [-0.15, -0.1) is 0 Å². The van der Waals surface area contributed by atoms with E-state index in [9.17, 15) is 9.18 Å². The van der Waals surface area contributed by atoms with E-state index in [2.05, 4.69) is 16.3 Å². The summed E-state index contributed by atoms with van der Waals surface area (Å²) in [6.45, 7) is 3.13. The summed E-state index contributed by atoms with van der Waals surface area (Å²) >= 11 is 0. The van der Waals surface area contributed by atoms with Crippen molar-refractivity contribution in [2.45, 2.75) is 44.2 Å². The number of fused-ring (bicyclic) bond motifs is 4. The standard InChI is InChI=1S/C24H27FN2O2/c25-21-6-2-1-5-19(21)18-8-9-20-17(14-18)4-3-7-22(20)26-24(28)29-23-15-27-12-10-16(23)11-13-27/h1-2,5-6,8-9,14,16,22-23H,3-4,7,10-13,15H2,(H,26,28)/t22?,23-/m1/s1. The summed E-state index contributed by atoms with van der Waals surface area (Å²) in [5, 5.41) is 3.10. The third-order valence-electron chi connectivity index (χ3n) is 6.79. The van der Waals surface area contributed by atoms with Crippen molar-refractivity contribution >= 4 is 6.09 Å². The van der Waals surface area contributed by atoms with Crippen molar-refractivity contribution in [2.24, 2.45) is 5.92 Å². The Morgan fingerprint density at radius 3 is 2.69 bits per heavy atom. The molecule has 3 fully saturated rings. The molecule has 1 aliphatic carbocycles. The number of nitrogens with one attached hydrogen (secondary N) is 1. The molecule has 2 bridgehead atoms. The van der Waals surface area contributed by atoms with Gasteiger partial charge < -0.3 is 10.1 Å². The SMILES string of the molecule is O=C(NC1CCCc2cc(-c3ccccc3F)ccc21)O[C@@H]1CN2CCC1CC2. The zero-order valence-corrected chi connectivity index (χ0v) is 16.6. The van der Waals surface area contributed by atoms with Gasteiger partial charge in [-0.1, -0.05) is 36.4 Å². The molecule has 3 saturated heterocycles. The maximum absolute atomic E-state index is 14.2. The largest absolute Gasteiger partial charge is 0.445 e. The molecule has 0 radical (unpaired) electrons. The van der Waals surface area contributed by atoms with E-state index in [0.29, 0.717) is 11.5 Å². The predicted molar refractivity (Wildman–Crippen MR) is 110 cm³/mol. The molecule has 2 aromatic rings. The van der Waals surface area contributed by atoms with E-state index < -0.39 is 0 Å². The van der Waals surface area contributed by atoms with Crippen molar-refractivity contribution in [2.75, 3.05) is 19.6 Å². The lowest BCUT2D eigenvalue weighted by Crippen LogP contribution is -2.52. The van der Waals surface area contributed by atoms with Gasteiger partial charge in [0.05, 0.1) is 6.04 Å². The fourth-order valence-corrected chi connectivity index (χ4v) is 5.19. The summed E-state index contributed by atoms with van der Waals surface area (Å²) in [5.74, 6) is 0.298. The molecule has 29 heavy (non-hydrogen) atoms. The van der Waals surface area contributed by atoms with Crippen molar-refractivity contribution in [3.05, 3.63) is 59.4 Å². The topological polar surface area (TPSA) is 41.6 Å².